The van der Waals surface area contributed by atoms with E-state index in [9.17, 15) is 9.59 Å². The Labute approximate surface area is 160 Å². The normalized spacial score (nSPS) is 16.6. The third-order valence-electron chi connectivity index (χ3n) is 3.86. The molecule has 0 saturated heterocycles. The number of carbonyl (C=O) groups is 2. The highest BCUT2D eigenvalue weighted by Crippen LogP contribution is 2.28. The Morgan fingerprint density at radius 1 is 1.24 bits per heavy atom. The predicted octanol–water partition coefficient (Wildman–Crippen LogP) is 4.62. The molecule has 3 rings (SSSR count). The summed E-state index contributed by atoms with van der Waals surface area (Å²) in [7, 11) is 0. The summed E-state index contributed by atoms with van der Waals surface area (Å²) in [4.78, 5) is 24.5. The van der Waals surface area contributed by atoms with Crippen molar-refractivity contribution in [1.29, 1.82) is 0 Å². The molecule has 0 spiro atoms. The average Bonchev–Trinajstić information content (AvgIpc) is 2.74. The SMILES string of the molecule is O=C(CS[C@H]1CCc2ccccc2NC1=O)Nc1ccc(Cl)cc1Cl. The molecule has 2 amide bonds. The lowest BCUT2D eigenvalue weighted by Crippen LogP contribution is -2.26. The van der Waals surface area contributed by atoms with Crippen LogP contribution in [-0.2, 0) is 16.0 Å². The van der Waals surface area contributed by atoms with Crippen molar-refractivity contribution >= 4 is 58.2 Å². The van der Waals surface area contributed by atoms with Crippen LogP contribution in [0, 0.1) is 0 Å². The van der Waals surface area contributed by atoms with E-state index in [1.165, 1.54) is 11.8 Å². The van der Waals surface area contributed by atoms with Crippen LogP contribution in [0.3, 0.4) is 0 Å². The summed E-state index contributed by atoms with van der Waals surface area (Å²) in [5, 5.41) is 6.30. The van der Waals surface area contributed by atoms with Gasteiger partial charge in [-0.05, 0) is 42.7 Å². The maximum Gasteiger partial charge on any atom is 0.237 e. The summed E-state index contributed by atoms with van der Waals surface area (Å²) in [6.07, 6.45) is 1.50. The van der Waals surface area contributed by atoms with Crippen LogP contribution in [-0.4, -0.2) is 22.8 Å². The number of amides is 2. The molecule has 1 heterocycles. The van der Waals surface area contributed by atoms with Crippen molar-refractivity contribution in [3.8, 4) is 0 Å². The smallest absolute Gasteiger partial charge is 0.237 e. The van der Waals surface area contributed by atoms with E-state index in [1.807, 2.05) is 24.3 Å². The summed E-state index contributed by atoms with van der Waals surface area (Å²) in [5.41, 5.74) is 2.48. The van der Waals surface area contributed by atoms with Gasteiger partial charge in [0.05, 0.1) is 21.7 Å². The van der Waals surface area contributed by atoms with Crippen LogP contribution in [0.25, 0.3) is 0 Å². The molecule has 4 nitrogen and oxygen atoms in total. The topological polar surface area (TPSA) is 58.2 Å². The van der Waals surface area contributed by atoms with Crippen LogP contribution in [0.1, 0.15) is 12.0 Å². The second-order valence-corrected chi connectivity index (χ2v) is 7.69. The molecule has 2 N–H and O–H groups in total. The number of carbonyl (C=O) groups excluding carboxylic acids is 2. The number of nitrogens with one attached hydrogen (secondary N) is 2. The molecule has 0 unspecified atom stereocenters. The van der Waals surface area contributed by atoms with Gasteiger partial charge in [0.15, 0.2) is 0 Å². The fraction of sp³-hybridized carbons (Fsp3) is 0.222. The quantitative estimate of drug-likeness (QED) is 0.795. The van der Waals surface area contributed by atoms with Crippen molar-refractivity contribution in [2.75, 3.05) is 16.4 Å². The van der Waals surface area contributed by atoms with E-state index < -0.39 is 0 Å². The van der Waals surface area contributed by atoms with Gasteiger partial charge < -0.3 is 10.6 Å². The van der Waals surface area contributed by atoms with Crippen LogP contribution in [0.5, 0.6) is 0 Å². The number of anilines is 2. The lowest BCUT2D eigenvalue weighted by atomic mass is 10.1. The fourth-order valence-corrected chi connectivity index (χ4v) is 3.98. The van der Waals surface area contributed by atoms with Gasteiger partial charge in [-0.1, -0.05) is 41.4 Å². The number of benzene rings is 2. The third kappa shape index (κ3) is 4.69. The van der Waals surface area contributed by atoms with Crippen LogP contribution in [0.4, 0.5) is 11.4 Å². The summed E-state index contributed by atoms with van der Waals surface area (Å²) in [6.45, 7) is 0. The van der Waals surface area contributed by atoms with Crippen molar-refractivity contribution in [2.24, 2.45) is 0 Å². The largest absolute Gasteiger partial charge is 0.325 e. The van der Waals surface area contributed by atoms with Gasteiger partial charge in [-0.15, -0.1) is 11.8 Å². The first-order valence-electron chi connectivity index (χ1n) is 7.78. The van der Waals surface area contributed by atoms with Crippen molar-refractivity contribution in [1.82, 2.24) is 0 Å². The lowest BCUT2D eigenvalue weighted by Gasteiger charge is -2.13. The van der Waals surface area contributed by atoms with Crippen molar-refractivity contribution in [2.45, 2.75) is 18.1 Å². The van der Waals surface area contributed by atoms with Crippen LogP contribution < -0.4 is 10.6 Å². The molecular formula is C18H16Cl2N2O2S. The Morgan fingerprint density at radius 2 is 2.04 bits per heavy atom. The Kier molecular flexibility index (Phi) is 5.89. The number of hydrogen-bond acceptors (Lipinski definition) is 3. The number of para-hydroxylation sites is 1. The molecule has 0 fully saturated rings. The number of halogens is 2. The molecule has 0 radical (unpaired) electrons. The maximum absolute atomic E-state index is 12.3. The summed E-state index contributed by atoms with van der Waals surface area (Å²) >= 11 is 13.2. The van der Waals surface area contributed by atoms with Gasteiger partial charge in [-0.2, -0.15) is 0 Å². The van der Waals surface area contributed by atoms with E-state index >= 15 is 0 Å². The minimum Gasteiger partial charge on any atom is -0.325 e. The number of fused-ring (bicyclic) bond motifs is 1. The molecule has 2 aromatic rings. The van der Waals surface area contributed by atoms with E-state index in [0.29, 0.717) is 22.2 Å². The zero-order valence-corrected chi connectivity index (χ0v) is 15.5. The maximum atomic E-state index is 12.3. The van der Waals surface area contributed by atoms with Gasteiger partial charge in [0.25, 0.3) is 0 Å². The second-order valence-electron chi connectivity index (χ2n) is 5.66. The van der Waals surface area contributed by atoms with Crippen molar-refractivity contribution < 1.29 is 9.59 Å². The molecule has 25 heavy (non-hydrogen) atoms. The van der Waals surface area contributed by atoms with Gasteiger partial charge in [-0.3, -0.25) is 9.59 Å². The Hall–Kier alpha value is -1.69. The molecule has 0 aromatic heterocycles. The van der Waals surface area contributed by atoms with Gasteiger partial charge in [0.1, 0.15) is 0 Å². The highest BCUT2D eigenvalue weighted by molar-refractivity contribution is 8.01. The monoisotopic (exact) mass is 394 g/mol. The number of hydrogen-bond donors (Lipinski definition) is 2. The molecule has 1 aliphatic rings. The molecule has 1 aliphatic heterocycles. The zero-order valence-electron chi connectivity index (χ0n) is 13.2. The second kappa shape index (κ2) is 8.13. The van der Waals surface area contributed by atoms with Crippen molar-refractivity contribution in [3.05, 3.63) is 58.1 Å². The molecule has 1 atom stereocenters. The molecule has 0 saturated carbocycles. The van der Waals surface area contributed by atoms with Gasteiger partial charge in [0.2, 0.25) is 11.8 Å². The molecule has 0 aliphatic carbocycles. The molecular weight excluding hydrogens is 379 g/mol. The minimum atomic E-state index is -0.265. The van der Waals surface area contributed by atoms with Crippen LogP contribution >= 0.6 is 35.0 Å². The van der Waals surface area contributed by atoms with E-state index in [4.69, 9.17) is 23.2 Å². The number of rotatable bonds is 4. The first-order chi connectivity index (χ1) is 12.0. The Bertz CT molecular complexity index is 813. The number of thioether (sulfide) groups is 1. The zero-order chi connectivity index (χ0) is 17.8. The van der Waals surface area contributed by atoms with E-state index in [0.717, 1.165) is 17.7 Å². The van der Waals surface area contributed by atoms with Crippen LogP contribution in [0.15, 0.2) is 42.5 Å². The molecule has 130 valence electrons. The van der Waals surface area contributed by atoms with E-state index in [2.05, 4.69) is 10.6 Å². The summed E-state index contributed by atoms with van der Waals surface area (Å²) in [6, 6.07) is 12.7. The average molecular weight is 395 g/mol. The minimum absolute atomic E-state index is 0.0627. The Morgan fingerprint density at radius 3 is 2.84 bits per heavy atom. The lowest BCUT2D eigenvalue weighted by molar-refractivity contribution is -0.115. The standard InChI is InChI=1S/C18H16Cl2N2O2S/c19-12-6-7-15(13(20)9-12)21-17(23)10-25-16-8-5-11-3-1-2-4-14(11)22-18(16)24/h1-4,6-7,9,16H,5,8,10H2,(H,21,23)(H,22,24)/t16-/m0/s1. The van der Waals surface area contributed by atoms with Gasteiger partial charge >= 0.3 is 0 Å². The predicted molar refractivity (Wildman–Crippen MR) is 105 cm³/mol. The summed E-state index contributed by atoms with van der Waals surface area (Å²) < 4.78 is 0. The Balaban J connectivity index is 1.56. The highest BCUT2D eigenvalue weighted by atomic mass is 35.5. The summed E-state index contributed by atoms with van der Waals surface area (Å²) in [5.74, 6) is -0.0935. The first-order valence-corrected chi connectivity index (χ1v) is 9.58. The van der Waals surface area contributed by atoms with E-state index in [-0.39, 0.29) is 22.8 Å². The van der Waals surface area contributed by atoms with Crippen LogP contribution in [0.2, 0.25) is 10.0 Å². The van der Waals surface area contributed by atoms with Crippen molar-refractivity contribution in [3.63, 3.8) is 0 Å². The van der Waals surface area contributed by atoms with Gasteiger partial charge in [0, 0.05) is 10.7 Å². The first kappa shape index (κ1) is 18.1. The molecule has 2 aromatic carbocycles. The van der Waals surface area contributed by atoms with Gasteiger partial charge in [-0.25, -0.2) is 0 Å². The molecule has 0 bridgehead atoms. The number of aryl methyl sites for hydroxylation is 1. The third-order valence-corrected chi connectivity index (χ3v) is 5.69. The molecule has 7 heteroatoms. The fourth-order valence-electron chi connectivity index (χ4n) is 2.60. The highest BCUT2D eigenvalue weighted by Gasteiger charge is 2.24. The van der Waals surface area contributed by atoms with E-state index in [1.54, 1.807) is 18.2 Å².